The van der Waals surface area contributed by atoms with Crippen molar-refractivity contribution in [2.24, 2.45) is 11.5 Å². The fourth-order valence-corrected chi connectivity index (χ4v) is 2.35. The van der Waals surface area contributed by atoms with E-state index in [-0.39, 0.29) is 19.3 Å². The number of nitrogens with two attached hydrogens (primary N) is 2. The van der Waals surface area contributed by atoms with Gasteiger partial charge in [0.2, 0.25) is 23.6 Å². The van der Waals surface area contributed by atoms with Crippen LogP contribution in [0.3, 0.4) is 0 Å². The third-order valence-electron chi connectivity index (χ3n) is 3.80. The smallest absolute Gasteiger partial charge is 0.322 e. The Bertz CT molecular complexity index is 740. The molecule has 0 fully saturated rings. The standard InChI is InChI=1S/C18H25N5O6/c19-12(8-11-4-2-1-3-5-11)17(28)21-9-15(25)23-13(6-7-14(20)24)18(29)22-10-16(26)27/h1-5,12-13H,6-10,19H2,(H2,20,24)(H,21,28)(H,22,29)(H,23,25)(H,26,27). The van der Waals surface area contributed by atoms with Gasteiger partial charge in [0.05, 0.1) is 12.6 Å². The number of nitrogens with one attached hydrogen (secondary N) is 3. The average Bonchev–Trinajstić information content (AvgIpc) is 2.67. The minimum absolute atomic E-state index is 0.117. The Labute approximate surface area is 167 Å². The fraction of sp³-hybridized carbons (Fsp3) is 0.389. The van der Waals surface area contributed by atoms with Gasteiger partial charge < -0.3 is 32.5 Å². The van der Waals surface area contributed by atoms with Gasteiger partial charge in [-0.1, -0.05) is 30.3 Å². The first-order valence-corrected chi connectivity index (χ1v) is 8.83. The van der Waals surface area contributed by atoms with Gasteiger partial charge in [-0.05, 0) is 18.4 Å². The molecule has 2 unspecified atom stereocenters. The third-order valence-corrected chi connectivity index (χ3v) is 3.80. The second-order valence-corrected chi connectivity index (χ2v) is 6.25. The Morgan fingerprint density at radius 3 is 2.17 bits per heavy atom. The van der Waals surface area contributed by atoms with E-state index in [2.05, 4.69) is 16.0 Å². The Morgan fingerprint density at radius 2 is 1.59 bits per heavy atom. The monoisotopic (exact) mass is 407 g/mol. The van der Waals surface area contributed by atoms with Crippen LogP contribution in [-0.4, -0.2) is 59.9 Å². The molecular formula is C18H25N5O6. The first-order chi connectivity index (χ1) is 13.7. The number of hydrogen-bond acceptors (Lipinski definition) is 6. The van der Waals surface area contributed by atoms with E-state index >= 15 is 0 Å². The van der Waals surface area contributed by atoms with E-state index in [9.17, 15) is 24.0 Å². The average molecular weight is 407 g/mol. The van der Waals surface area contributed by atoms with E-state index in [0.29, 0.717) is 0 Å². The Morgan fingerprint density at radius 1 is 0.966 bits per heavy atom. The molecule has 29 heavy (non-hydrogen) atoms. The van der Waals surface area contributed by atoms with Crippen molar-refractivity contribution in [2.45, 2.75) is 31.3 Å². The van der Waals surface area contributed by atoms with Gasteiger partial charge in [0.15, 0.2) is 0 Å². The van der Waals surface area contributed by atoms with Gasteiger partial charge >= 0.3 is 5.97 Å². The molecule has 0 aliphatic heterocycles. The van der Waals surface area contributed by atoms with Crippen molar-refractivity contribution in [3.8, 4) is 0 Å². The molecular weight excluding hydrogens is 382 g/mol. The quantitative estimate of drug-likeness (QED) is 0.223. The molecule has 0 bridgehead atoms. The number of rotatable bonds is 12. The summed E-state index contributed by atoms with van der Waals surface area (Å²) in [6.07, 6.45) is -0.0269. The van der Waals surface area contributed by atoms with Gasteiger partial charge in [0.1, 0.15) is 12.6 Å². The van der Waals surface area contributed by atoms with Crippen LogP contribution in [-0.2, 0) is 30.4 Å². The number of benzene rings is 1. The number of amides is 4. The molecule has 0 saturated carbocycles. The lowest BCUT2D eigenvalue weighted by molar-refractivity contribution is -0.138. The minimum atomic E-state index is -1.27. The van der Waals surface area contributed by atoms with Crippen molar-refractivity contribution in [3.63, 3.8) is 0 Å². The molecule has 8 N–H and O–H groups in total. The van der Waals surface area contributed by atoms with Crippen LogP contribution in [0.5, 0.6) is 0 Å². The lowest BCUT2D eigenvalue weighted by Gasteiger charge is -2.18. The van der Waals surface area contributed by atoms with Gasteiger partial charge in [0, 0.05) is 6.42 Å². The van der Waals surface area contributed by atoms with E-state index in [0.717, 1.165) is 5.56 Å². The van der Waals surface area contributed by atoms with Crippen molar-refractivity contribution in [2.75, 3.05) is 13.1 Å². The fourth-order valence-electron chi connectivity index (χ4n) is 2.35. The lowest BCUT2D eigenvalue weighted by Crippen LogP contribution is -2.52. The van der Waals surface area contributed by atoms with E-state index in [4.69, 9.17) is 16.6 Å². The molecule has 0 radical (unpaired) electrons. The number of hydrogen-bond donors (Lipinski definition) is 6. The lowest BCUT2D eigenvalue weighted by atomic mass is 10.1. The number of carbonyl (C=O) groups excluding carboxylic acids is 4. The van der Waals surface area contributed by atoms with Crippen LogP contribution in [0.15, 0.2) is 30.3 Å². The first kappa shape index (κ1) is 23.6. The summed E-state index contributed by atoms with van der Waals surface area (Å²) in [5.74, 6) is -3.99. The summed E-state index contributed by atoms with van der Waals surface area (Å²) < 4.78 is 0. The zero-order chi connectivity index (χ0) is 21.8. The molecule has 1 aromatic carbocycles. The van der Waals surface area contributed by atoms with Crippen LogP contribution in [0, 0.1) is 0 Å². The highest BCUT2D eigenvalue weighted by molar-refractivity contribution is 5.92. The van der Waals surface area contributed by atoms with Crippen LogP contribution >= 0.6 is 0 Å². The Hall–Kier alpha value is -3.47. The van der Waals surface area contributed by atoms with E-state index in [1.165, 1.54) is 0 Å². The van der Waals surface area contributed by atoms with Gasteiger partial charge in [0.25, 0.3) is 0 Å². The van der Waals surface area contributed by atoms with Crippen molar-refractivity contribution in [1.29, 1.82) is 0 Å². The molecule has 1 rings (SSSR count). The summed E-state index contributed by atoms with van der Waals surface area (Å²) in [5.41, 5.74) is 11.7. The molecule has 4 amide bonds. The highest BCUT2D eigenvalue weighted by Crippen LogP contribution is 2.02. The second-order valence-electron chi connectivity index (χ2n) is 6.25. The maximum Gasteiger partial charge on any atom is 0.322 e. The SMILES string of the molecule is NC(=O)CCC(NC(=O)CNC(=O)C(N)Cc1ccccc1)C(=O)NCC(=O)O. The van der Waals surface area contributed by atoms with Crippen molar-refractivity contribution >= 4 is 29.6 Å². The normalized spacial score (nSPS) is 12.3. The summed E-state index contributed by atoms with van der Waals surface area (Å²) in [6.45, 7) is -1.09. The molecule has 0 aliphatic rings. The van der Waals surface area contributed by atoms with Gasteiger partial charge in [-0.3, -0.25) is 24.0 Å². The zero-order valence-corrected chi connectivity index (χ0v) is 15.7. The molecule has 0 aromatic heterocycles. The first-order valence-electron chi connectivity index (χ1n) is 8.83. The molecule has 1 aromatic rings. The molecule has 11 nitrogen and oxygen atoms in total. The van der Waals surface area contributed by atoms with Crippen LogP contribution < -0.4 is 27.4 Å². The van der Waals surface area contributed by atoms with Gasteiger partial charge in [-0.25, -0.2) is 0 Å². The van der Waals surface area contributed by atoms with Crippen LogP contribution in [0.4, 0.5) is 0 Å². The molecule has 11 heteroatoms. The summed E-state index contributed by atoms with van der Waals surface area (Å²) in [6, 6.07) is 7.06. The minimum Gasteiger partial charge on any atom is -0.480 e. The second kappa shape index (κ2) is 12.1. The van der Waals surface area contributed by atoms with E-state index in [1.807, 2.05) is 30.3 Å². The summed E-state index contributed by atoms with van der Waals surface area (Å²) in [4.78, 5) is 57.6. The third kappa shape index (κ3) is 9.86. The molecule has 158 valence electrons. The predicted octanol–water partition coefficient (Wildman–Crippen LogP) is -2.38. The Kier molecular flexibility index (Phi) is 9.82. The largest absolute Gasteiger partial charge is 0.480 e. The summed E-state index contributed by atoms with van der Waals surface area (Å²) in [5, 5.41) is 15.4. The summed E-state index contributed by atoms with van der Waals surface area (Å²) in [7, 11) is 0. The molecule has 0 aliphatic carbocycles. The van der Waals surface area contributed by atoms with Gasteiger partial charge in [-0.15, -0.1) is 0 Å². The maximum absolute atomic E-state index is 12.0. The van der Waals surface area contributed by atoms with Crippen LogP contribution in [0.2, 0.25) is 0 Å². The molecule has 2 atom stereocenters. The highest BCUT2D eigenvalue weighted by atomic mass is 16.4. The summed E-state index contributed by atoms with van der Waals surface area (Å²) >= 11 is 0. The number of primary amides is 1. The van der Waals surface area contributed by atoms with Crippen molar-refractivity contribution < 1.29 is 29.1 Å². The Balaban J connectivity index is 2.53. The molecule has 0 heterocycles. The number of carbonyl (C=O) groups is 5. The molecule has 0 saturated heterocycles. The topological polar surface area (TPSA) is 194 Å². The van der Waals surface area contributed by atoms with Crippen molar-refractivity contribution in [3.05, 3.63) is 35.9 Å². The number of carboxylic acids is 1. The van der Waals surface area contributed by atoms with Crippen molar-refractivity contribution in [1.82, 2.24) is 16.0 Å². The zero-order valence-electron chi connectivity index (χ0n) is 15.7. The number of carboxylic acid groups (broad SMARTS) is 1. The highest BCUT2D eigenvalue weighted by Gasteiger charge is 2.22. The van der Waals surface area contributed by atoms with Crippen LogP contribution in [0.1, 0.15) is 18.4 Å². The van der Waals surface area contributed by atoms with E-state index in [1.54, 1.807) is 0 Å². The van der Waals surface area contributed by atoms with Crippen LogP contribution in [0.25, 0.3) is 0 Å². The number of aliphatic carboxylic acids is 1. The predicted molar refractivity (Wildman–Crippen MR) is 102 cm³/mol. The molecule has 0 spiro atoms. The van der Waals surface area contributed by atoms with Gasteiger partial charge in [-0.2, -0.15) is 0 Å². The van der Waals surface area contributed by atoms with E-state index < -0.39 is 54.8 Å². The maximum atomic E-state index is 12.0.